The molecule has 1 unspecified atom stereocenters. The molecule has 2 aromatic heterocycles. The second-order valence-electron chi connectivity index (χ2n) is 5.19. The highest BCUT2D eigenvalue weighted by molar-refractivity contribution is 5.75. The van der Waals surface area contributed by atoms with Crippen molar-refractivity contribution in [2.45, 2.75) is 26.8 Å². The lowest BCUT2D eigenvalue weighted by atomic mass is 10.1. The van der Waals surface area contributed by atoms with E-state index in [1.807, 2.05) is 38.1 Å². The smallest absolute Gasteiger partial charge is 0.323 e. The third-order valence-electron chi connectivity index (χ3n) is 3.37. The Kier molecular flexibility index (Phi) is 3.21. The van der Waals surface area contributed by atoms with Gasteiger partial charge in [0.1, 0.15) is 11.6 Å². The van der Waals surface area contributed by atoms with Gasteiger partial charge in [0.15, 0.2) is 0 Å². The molecule has 0 saturated heterocycles. The van der Waals surface area contributed by atoms with Crippen LogP contribution in [-0.2, 0) is 0 Å². The van der Waals surface area contributed by atoms with Gasteiger partial charge in [0.2, 0.25) is 0 Å². The molecule has 6 heteroatoms. The van der Waals surface area contributed by atoms with Crippen molar-refractivity contribution in [2.24, 2.45) is 0 Å². The largest absolute Gasteiger partial charge is 0.363 e. The van der Waals surface area contributed by atoms with E-state index in [2.05, 4.69) is 32.2 Å². The molecule has 0 fully saturated rings. The van der Waals surface area contributed by atoms with E-state index in [-0.39, 0.29) is 11.7 Å². The lowest BCUT2D eigenvalue weighted by Crippen LogP contribution is -2.09. The number of benzene rings is 1. The highest BCUT2D eigenvalue weighted by Crippen LogP contribution is 2.21. The summed E-state index contributed by atoms with van der Waals surface area (Å²) >= 11 is 0. The molecule has 1 aromatic carbocycles. The molecule has 3 rings (SSSR count). The zero-order valence-corrected chi connectivity index (χ0v) is 12.2. The molecule has 0 aliphatic rings. The minimum absolute atomic E-state index is 0.0708. The molecule has 2 heterocycles. The van der Waals surface area contributed by atoms with Gasteiger partial charge in [-0.05, 0) is 38.5 Å². The zero-order valence-electron chi connectivity index (χ0n) is 12.2. The zero-order chi connectivity index (χ0) is 15.0. The second kappa shape index (κ2) is 5.05. The number of aryl methyl sites for hydroxylation is 2. The summed E-state index contributed by atoms with van der Waals surface area (Å²) in [6.45, 7) is 5.87. The summed E-state index contributed by atoms with van der Waals surface area (Å²) in [6.07, 6.45) is 0. The Labute approximate surface area is 121 Å². The fraction of sp³-hybridized carbons (Fsp3) is 0.267. The van der Waals surface area contributed by atoms with Crippen LogP contribution in [0, 0.1) is 13.8 Å². The molecule has 0 amide bonds. The number of anilines is 1. The molecule has 0 radical (unpaired) electrons. The summed E-state index contributed by atoms with van der Waals surface area (Å²) in [5, 5.41) is 3.36. The first-order chi connectivity index (χ1) is 10.0. The maximum absolute atomic E-state index is 11.3. The molecule has 0 aliphatic carbocycles. The molecular weight excluding hydrogens is 266 g/mol. The Morgan fingerprint density at radius 1 is 1.10 bits per heavy atom. The van der Waals surface area contributed by atoms with Crippen LogP contribution in [0.1, 0.15) is 30.0 Å². The van der Waals surface area contributed by atoms with Crippen LogP contribution in [0.15, 0.2) is 29.1 Å². The molecule has 21 heavy (non-hydrogen) atoms. The minimum Gasteiger partial charge on any atom is -0.363 e. The highest BCUT2D eigenvalue weighted by Gasteiger charge is 2.09. The van der Waals surface area contributed by atoms with Crippen LogP contribution in [-0.4, -0.2) is 19.9 Å². The Bertz CT molecular complexity index is 828. The van der Waals surface area contributed by atoms with E-state index in [0.717, 1.165) is 33.9 Å². The van der Waals surface area contributed by atoms with Crippen molar-refractivity contribution in [2.75, 3.05) is 5.32 Å². The third-order valence-corrected chi connectivity index (χ3v) is 3.37. The minimum atomic E-state index is -0.190. The lowest BCUT2D eigenvalue weighted by molar-refractivity contribution is 0.865. The van der Waals surface area contributed by atoms with E-state index in [9.17, 15) is 4.79 Å². The van der Waals surface area contributed by atoms with Crippen molar-refractivity contribution in [1.29, 1.82) is 0 Å². The van der Waals surface area contributed by atoms with E-state index in [0.29, 0.717) is 0 Å². The third kappa shape index (κ3) is 2.79. The molecule has 3 aromatic rings. The van der Waals surface area contributed by atoms with Crippen LogP contribution in [0.25, 0.3) is 11.0 Å². The average Bonchev–Trinajstić information content (AvgIpc) is 2.76. The molecular formula is C15H17N5O. The number of rotatable bonds is 3. The fourth-order valence-corrected chi connectivity index (χ4v) is 2.42. The maximum atomic E-state index is 11.3. The van der Waals surface area contributed by atoms with Crippen molar-refractivity contribution < 1.29 is 0 Å². The van der Waals surface area contributed by atoms with Crippen LogP contribution in [0.4, 0.5) is 5.82 Å². The molecule has 0 bridgehead atoms. The van der Waals surface area contributed by atoms with Gasteiger partial charge >= 0.3 is 5.69 Å². The van der Waals surface area contributed by atoms with Crippen LogP contribution in [0.2, 0.25) is 0 Å². The summed E-state index contributed by atoms with van der Waals surface area (Å²) in [5.74, 6) is 1.55. The monoisotopic (exact) mass is 283 g/mol. The highest BCUT2D eigenvalue weighted by atomic mass is 16.1. The molecule has 6 nitrogen and oxygen atoms in total. The Hall–Kier alpha value is -2.63. The molecule has 3 N–H and O–H groups in total. The van der Waals surface area contributed by atoms with Gasteiger partial charge in [0.05, 0.1) is 17.1 Å². The van der Waals surface area contributed by atoms with E-state index >= 15 is 0 Å². The maximum Gasteiger partial charge on any atom is 0.323 e. The van der Waals surface area contributed by atoms with Crippen molar-refractivity contribution in [3.8, 4) is 0 Å². The SMILES string of the molecule is Cc1cc(NC(C)c2ccc3[nH]c(=O)[nH]c3c2)nc(C)n1. The second-order valence-corrected chi connectivity index (χ2v) is 5.19. The molecule has 0 aliphatic heterocycles. The van der Waals surface area contributed by atoms with Gasteiger partial charge in [-0.1, -0.05) is 6.07 Å². The summed E-state index contributed by atoms with van der Waals surface area (Å²) in [4.78, 5) is 25.4. The van der Waals surface area contributed by atoms with Gasteiger partial charge in [0.25, 0.3) is 0 Å². The number of aromatic nitrogens is 4. The Morgan fingerprint density at radius 3 is 2.62 bits per heavy atom. The van der Waals surface area contributed by atoms with Gasteiger partial charge in [0, 0.05) is 11.8 Å². The number of nitrogens with zero attached hydrogens (tertiary/aromatic N) is 2. The van der Waals surface area contributed by atoms with Crippen LogP contribution in [0.5, 0.6) is 0 Å². The van der Waals surface area contributed by atoms with Gasteiger partial charge in [-0.3, -0.25) is 0 Å². The molecule has 1 atom stereocenters. The summed E-state index contributed by atoms with van der Waals surface area (Å²) in [7, 11) is 0. The van der Waals surface area contributed by atoms with E-state index in [4.69, 9.17) is 0 Å². The Morgan fingerprint density at radius 2 is 1.86 bits per heavy atom. The number of aromatic amines is 2. The first-order valence-corrected chi connectivity index (χ1v) is 6.82. The van der Waals surface area contributed by atoms with Crippen molar-refractivity contribution in [3.05, 3.63) is 51.8 Å². The first kappa shape index (κ1) is 13.4. The standard InChI is InChI=1S/C15H17N5O/c1-8-6-14(18-10(3)16-8)17-9(2)11-4-5-12-13(7-11)20-15(21)19-12/h4-7,9H,1-3H3,(H,16,17,18)(H2,19,20,21). The molecule has 0 saturated carbocycles. The summed E-state index contributed by atoms with van der Waals surface area (Å²) < 4.78 is 0. The van der Waals surface area contributed by atoms with Crippen molar-refractivity contribution in [1.82, 2.24) is 19.9 Å². The van der Waals surface area contributed by atoms with Crippen molar-refractivity contribution >= 4 is 16.9 Å². The van der Waals surface area contributed by atoms with Crippen LogP contribution in [0.3, 0.4) is 0 Å². The number of imidazole rings is 1. The van der Waals surface area contributed by atoms with Crippen LogP contribution < -0.4 is 11.0 Å². The number of nitrogens with one attached hydrogen (secondary N) is 3. The molecule has 0 spiro atoms. The average molecular weight is 283 g/mol. The summed E-state index contributed by atoms with van der Waals surface area (Å²) in [5.41, 5.74) is 3.44. The van der Waals surface area contributed by atoms with Gasteiger partial charge in [-0.2, -0.15) is 0 Å². The van der Waals surface area contributed by atoms with E-state index < -0.39 is 0 Å². The number of H-pyrrole nitrogens is 2. The number of fused-ring (bicyclic) bond motifs is 1. The van der Waals surface area contributed by atoms with E-state index in [1.165, 1.54) is 0 Å². The van der Waals surface area contributed by atoms with E-state index in [1.54, 1.807) is 0 Å². The predicted molar refractivity (Wildman–Crippen MR) is 82.5 cm³/mol. The first-order valence-electron chi connectivity index (χ1n) is 6.82. The molecule has 108 valence electrons. The van der Waals surface area contributed by atoms with Gasteiger partial charge in [-0.15, -0.1) is 0 Å². The topological polar surface area (TPSA) is 86.5 Å². The normalized spacial score (nSPS) is 12.5. The lowest BCUT2D eigenvalue weighted by Gasteiger charge is -2.15. The van der Waals surface area contributed by atoms with Gasteiger partial charge < -0.3 is 15.3 Å². The predicted octanol–water partition coefficient (Wildman–Crippen LogP) is 2.44. The summed E-state index contributed by atoms with van der Waals surface area (Å²) in [6, 6.07) is 7.84. The fourth-order valence-electron chi connectivity index (χ4n) is 2.42. The van der Waals surface area contributed by atoms with Crippen molar-refractivity contribution in [3.63, 3.8) is 0 Å². The Balaban J connectivity index is 1.88. The van der Waals surface area contributed by atoms with Gasteiger partial charge in [-0.25, -0.2) is 14.8 Å². The number of hydrogen-bond donors (Lipinski definition) is 3. The quantitative estimate of drug-likeness (QED) is 0.689. The number of hydrogen-bond acceptors (Lipinski definition) is 4. The van der Waals surface area contributed by atoms with Crippen LogP contribution >= 0.6 is 0 Å².